The molecule has 1 unspecified atom stereocenters. The number of pyridine rings is 1. The predicted octanol–water partition coefficient (Wildman–Crippen LogP) is -1.78. The molecule has 4 nitrogen and oxygen atoms in total. The standard InChI is InChI=1S/C11H11NO3.Na/c13-10(8-3-1-5-12-7-8)9-4-2-6-15-11(9)14;/h1,3,5,7,9H,2,4,6H2;/q;+1. The van der Waals surface area contributed by atoms with Gasteiger partial charge in [-0.15, -0.1) is 0 Å². The Morgan fingerprint density at radius 1 is 1.50 bits per heavy atom. The monoisotopic (exact) mass is 228 g/mol. The molecular formula is C11H11NNaO3+. The van der Waals surface area contributed by atoms with Gasteiger partial charge in [-0.05, 0) is 25.0 Å². The van der Waals surface area contributed by atoms with Gasteiger partial charge in [0.2, 0.25) is 0 Å². The molecule has 78 valence electrons. The zero-order chi connectivity index (χ0) is 10.7. The fourth-order valence-corrected chi connectivity index (χ4v) is 1.63. The summed E-state index contributed by atoms with van der Waals surface area (Å²) in [6.45, 7) is 0.426. The van der Waals surface area contributed by atoms with Gasteiger partial charge in [-0.2, -0.15) is 0 Å². The molecular weight excluding hydrogens is 217 g/mol. The number of esters is 1. The van der Waals surface area contributed by atoms with E-state index < -0.39 is 11.9 Å². The third-order valence-electron chi connectivity index (χ3n) is 2.43. The normalized spacial score (nSPS) is 19.5. The summed E-state index contributed by atoms with van der Waals surface area (Å²) in [5.41, 5.74) is 0.473. The van der Waals surface area contributed by atoms with Gasteiger partial charge in [0, 0.05) is 18.0 Å². The second kappa shape index (κ2) is 6.13. The smallest absolute Gasteiger partial charge is 0.465 e. The Kier molecular flexibility index (Phi) is 5.12. The second-order valence-electron chi connectivity index (χ2n) is 3.47. The molecule has 0 saturated carbocycles. The van der Waals surface area contributed by atoms with Crippen molar-refractivity contribution in [1.82, 2.24) is 4.98 Å². The average Bonchev–Trinajstić information content (AvgIpc) is 2.30. The number of hydrogen-bond donors (Lipinski definition) is 0. The van der Waals surface area contributed by atoms with Gasteiger partial charge < -0.3 is 4.74 Å². The van der Waals surface area contributed by atoms with E-state index in [0.29, 0.717) is 18.6 Å². The minimum absolute atomic E-state index is 0. The number of rotatable bonds is 2. The number of aromatic nitrogens is 1. The second-order valence-corrected chi connectivity index (χ2v) is 3.47. The molecule has 1 fully saturated rings. The molecule has 0 bridgehead atoms. The van der Waals surface area contributed by atoms with Gasteiger partial charge in [-0.3, -0.25) is 14.6 Å². The van der Waals surface area contributed by atoms with Crippen molar-refractivity contribution >= 4 is 11.8 Å². The fraction of sp³-hybridized carbons (Fsp3) is 0.364. The third-order valence-corrected chi connectivity index (χ3v) is 2.43. The molecule has 16 heavy (non-hydrogen) atoms. The molecule has 0 spiro atoms. The average molecular weight is 228 g/mol. The van der Waals surface area contributed by atoms with Crippen molar-refractivity contribution in [2.45, 2.75) is 12.8 Å². The van der Waals surface area contributed by atoms with Crippen LogP contribution in [0.1, 0.15) is 23.2 Å². The first-order valence-corrected chi connectivity index (χ1v) is 4.90. The maximum absolute atomic E-state index is 11.9. The molecule has 2 rings (SSSR count). The van der Waals surface area contributed by atoms with Crippen LogP contribution in [0.4, 0.5) is 0 Å². The van der Waals surface area contributed by atoms with Gasteiger partial charge in [0.05, 0.1) is 6.61 Å². The van der Waals surface area contributed by atoms with Gasteiger partial charge in [0.25, 0.3) is 0 Å². The molecule has 0 amide bonds. The van der Waals surface area contributed by atoms with E-state index in [2.05, 4.69) is 4.98 Å². The topological polar surface area (TPSA) is 56.3 Å². The SMILES string of the molecule is O=C1OCCCC1C(=O)c1cccnc1.[Na+]. The van der Waals surface area contributed by atoms with Crippen molar-refractivity contribution in [3.05, 3.63) is 30.1 Å². The Labute approximate surface area is 116 Å². The molecule has 1 aromatic rings. The molecule has 1 aliphatic heterocycles. The minimum Gasteiger partial charge on any atom is -0.465 e. The van der Waals surface area contributed by atoms with E-state index >= 15 is 0 Å². The molecule has 0 radical (unpaired) electrons. The van der Waals surface area contributed by atoms with Crippen molar-refractivity contribution in [2.24, 2.45) is 5.92 Å². The summed E-state index contributed by atoms with van der Waals surface area (Å²) >= 11 is 0. The maximum Gasteiger partial charge on any atom is 1.00 e. The van der Waals surface area contributed by atoms with Crippen molar-refractivity contribution < 1.29 is 43.9 Å². The van der Waals surface area contributed by atoms with Crippen LogP contribution in [0, 0.1) is 5.92 Å². The first kappa shape index (κ1) is 13.4. The first-order chi connectivity index (χ1) is 7.29. The Bertz CT molecular complexity index is 380. The van der Waals surface area contributed by atoms with E-state index in [9.17, 15) is 9.59 Å². The molecule has 0 aliphatic carbocycles. The van der Waals surface area contributed by atoms with Crippen LogP contribution in [-0.2, 0) is 9.53 Å². The maximum atomic E-state index is 11.9. The number of nitrogens with zero attached hydrogens (tertiary/aromatic N) is 1. The fourth-order valence-electron chi connectivity index (χ4n) is 1.63. The number of ether oxygens (including phenoxy) is 1. The van der Waals surface area contributed by atoms with Gasteiger partial charge >= 0.3 is 35.5 Å². The van der Waals surface area contributed by atoms with Gasteiger partial charge in [0.15, 0.2) is 5.78 Å². The van der Waals surface area contributed by atoms with E-state index in [1.807, 2.05) is 0 Å². The summed E-state index contributed by atoms with van der Waals surface area (Å²) in [5, 5.41) is 0. The van der Waals surface area contributed by atoms with E-state index in [1.165, 1.54) is 6.20 Å². The summed E-state index contributed by atoms with van der Waals surface area (Å²) in [4.78, 5) is 27.1. The molecule has 0 aromatic carbocycles. The summed E-state index contributed by atoms with van der Waals surface area (Å²) in [6.07, 6.45) is 4.40. The summed E-state index contributed by atoms with van der Waals surface area (Å²) in [6, 6.07) is 3.35. The van der Waals surface area contributed by atoms with Crippen LogP contribution in [0.5, 0.6) is 0 Å². The van der Waals surface area contributed by atoms with Crippen LogP contribution in [-0.4, -0.2) is 23.3 Å². The van der Waals surface area contributed by atoms with E-state index in [4.69, 9.17) is 4.74 Å². The Hall–Kier alpha value is -0.710. The van der Waals surface area contributed by atoms with Crippen LogP contribution in [0.2, 0.25) is 0 Å². The predicted molar refractivity (Wildman–Crippen MR) is 52.3 cm³/mol. The van der Waals surface area contributed by atoms with Gasteiger partial charge in [-0.1, -0.05) is 0 Å². The Balaban J connectivity index is 0.00000128. The van der Waals surface area contributed by atoms with Crippen LogP contribution < -0.4 is 29.6 Å². The number of carbonyl (C=O) groups is 2. The number of carbonyl (C=O) groups excluding carboxylic acids is 2. The molecule has 1 aliphatic rings. The van der Waals surface area contributed by atoms with E-state index in [0.717, 1.165) is 6.42 Å². The number of hydrogen-bond acceptors (Lipinski definition) is 4. The quantitative estimate of drug-likeness (QED) is 0.260. The first-order valence-electron chi connectivity index (χ1n) is 4.90. The van der Waals surface area contributed by atoms with E-state index in [-0.39, 0.29) is 35.3 Å². The summed E-state index contributed by atoms with van der Waals surface area (Å²) < 4.78 is 4.85. The number of Topliss-reactive ketones (excluding diaryl/α,β-unsaturated/α-hetero) is 1. The number of cyclic esters (lactones) is 1. The van der Waals surface area contributed by atoms with Crippen LogP contribution in [0.25, 0.3) is 0 Å². The van der Waals surface area contributed by atoms with Crippen LogP contribution in [0.15, 0.2) is 24.5 Å². The molecule has 1 atom stereocenters. The minimum atomic E-state index is -0.636. The zero-order valence-electron chi connectivity index (χ0n) is 9.18. The largest absolute Gasteiger partial charge is 1.00 e. The molecule has 1 saturated heterocycles. The molecule has 5 heteroatoms. The zero-order valence-corrected chi connectivity index (χ0v) is 11.2. The number of ketones is 1. The van der Waals surface area contributed by atoms with E-state index in [1.54, 1.807) is 18.3 Å². The summed E-state index contributed by atoms with van der Waals surface area (Å²) in [7, 11) is 0. The van der Waals surface area contributed by atoms with Crippen LogP contribution in [0.3, 0.4) is 0 Å². The molecule has 2 heterocycles. The molecule has 1 aromatic heterocycles. The Morgan fingerprint density at radius 3 is 2.94 bits per heavy atom. The van der Waals surface area contributed by atoms with Crippen molar-refractivity contribution in [3.63, 3.8) is 0 Å². The third kappa shape index (κ3) is 2.90. The summed E-state index contributed by atoms with van der Waals surface area (Å²) in [5.74, 6) is -1.23. The van der Waals surface area contributed by atoms with Crippen LogP contribution >= 0.6 is 0 Å². The molecule has 0 N–H and O–H groups in total. The van der Waals surface area contributed by atoms with Crippen molar-refractivity contribution in [3.8, 4) is 0 Å². The van der Waals surface area contributed by atoms with Crippen molar-refractivity contribution in [2.75, 3.05) is 6.61 Å². The van der Waals surface area contributed by atoms with Crippen molar-refractivity contribution in [1.29, 1.82) is 0 Å². The Morgan fingerprint density at radius 2 is 2.31 bits per heavy atom. The van der Waals surface area contributed by atoms with Gasteiger partial charge in [0.1, 0.15) is 5.92 Å². The van der Waals surface area contributed by atoms with Gasteiger partial charge in [-0.25, -0.2) is 0 Å².